The summed E-state index contributed by atoms with van der Waals surface area (Å²) < 4.78 is 5.27. The minimum Gasteiger partial charge on any atom is -0.461 e. The van der Waals surface area contributed by atoms with Gasteiger partial charge in [0.05, 0.1) is 12.3 Å². The van der Waals surface area contributed by atoms with Gasteiger partial charge in [-0.25, -0.2) is 9.78 Å². The molecule has 0 N–H and O–H groups in total. The Morgan fingerprint density at radius 2 is 1.62 bits per heavy atom. The molecule has 0 atom stereocenters. The highest BCUT2D eigenvalue weighted by atomic mass is 16.5. The first-order valence-electron chi connectivity index (χ1n) is 8.28. The van der Waals surface area contributed by atoms with Crippen LogP contribution in [0.1, 0.15) is 42.9 Å². The molecule has 0 saturated heterocycles. The summed E-state index contributed by atoms with van der Waals surface area (Å²) in [5.74, 6) is -0.156. The van der Waals surface area contributed by atoms with Crippen LogP contribution in [0.2, 0.25) is 0 Å². The smallest absolute Gasteiger partial charge is 0.357 e. The number of carbonyl (C=O) groups excluding carboxylic acids is 1. The average Bonchev–Trinajstić information content (AvgIpc) is 2.61. The Balaban J connectivity index is 2.40. The lowest BCUT2D eigenvalue weighted by atomic mass is 9.93. The predicted molar refractivity (Wildman–Crippen MR) is 97.2 cm³/mol. The summed E-state index contributed by atoms with van der Waals surface area (Å²) in [6.45, 7) is 6.32. The molecule has 0 unspecified atom stereocenters. The Kier molecular flexibility index (Phi) is 4.61. The molecule has 0 amide bonds. The summed E-state index contributed by atoms with van der Waals surface area (Å²) in [5.41, 5.74) is 3.13. The van der Waals surface area contributed by atoms with Crippen LogP contribution in [0.3, 0.4) is 0 Å². The van der Waals surface area contributed by atoms with Gasteiger partial charge in [0, 0.05) is 10.9 Å². The summed E-state index contributed by atoms with van der Waals surface area (Å²) in [6.07, 6.45) is 0. The molecule has 3 aromatic rings. The highest BCUT2D eigenvalue weighted by molar-refractivity contribution is 6.07. The van der Waals surface area contributed by atoms with Crippen LogP contribution in [-0.4, -0.2) is 17.6 Å². The first-order chi connectivity index (χ1) is 11.6. The van der Waals surface area contributed by atoms with Crippen LogP contribution in [0.25, 0.3) is 21.9 Å². The molecule has 0 aliphatic carbocycles. The van der Waals surface area contributed by atoms with E-state index in [4.69, 9.17) is 9.72 Å². The van der Waals surface area contributed by atoms with Gasteiger partial charge in [-0.2, -0.15) is 0 Å². The molecule has 0 fully saturated rings. The van der Waals surface area contributed by atoms with Gasteiger partial charge in [0.15, 0.2) is 5.69 Å². The van der Waals surface area contributed by atoms with Crippen LogP contribution in [0.4, 0.5) is 0 Å². The Bertz CT molecular complexity index is 870. The lowest BCUT2D eigenvalue weighted by molar-refractivity contribution is 0.0520. The van der Waals surface area contributed by atoms with Gasteiger partial charge in [-0.1, -0.05) is 68.4 Å². The maximum atomic E-state index is 12.6. The number of esters is 1. The Morgan fingerprint density at radius 3 is 2.25 bits per heavy atom. The molecule has 122 valence electrons. The minimum absolute atomic E-state index is 0.216. The number of fused-ring (bicyclic) bond motifs is 1. The molecule has 24 heavy (non-hydrogen) atoms. The molecule has 0 bridgehead atoms. The van der Waals surface area contributed by atoms with E-state index >= 15 is 0 Å². The first kappa shape index (κ1) is 16.2. The molecule has 1 aromatic heterocycles. The number of hydrogen-bond acceptors (Lipinski definition) is 3. The van der Waals surface area contributed by atoms with Gasteiger partial charge in [0.1, 0.15) is 0 Å². The fourth-order valence-corrected chi connectivity index (χ4v) is 2.97. The second kappa shape index (κ2) is 6.83. The summed E-state index contributed by atoms with van der Waals surface area (Å²) in [4.78, 5) is 17.3. The largest absolute Gasteiger partial charge is 0.461 e. The van der Waals surface area contributed by atoms with E-state index in [9.17, 15) is 4.79 Å². The maximum absolute atomic E-state index is 12.6. The van der Waals surface area contributed by atoms with Crippen molar-refractivity contribution < 1.29 is 9.53 Å². The van der Waals surface area contributed by atoms with Gasteiger partial charge in [0.25, 0.3) is 0 Å². The minimum atomic E-state index is -0.371. The predicted octanol–water partition coefficient (Wildman–Crippen LogP) is 5.20. The molecule has 0 radical (unpaired) electrons. The number of rotatable bonds is 4. The second-order valence-corrected chi connectivity index (χ2v) is 6.01. The fourth-order valence-electron chi connectivity index (χ4n) is 2.97. The van der Waals surface area contributed by atoms with Crippen LogP contribution in [0.15, 0.2) is 54.6 Å². The van der Waals surface area contributed by atoms with E-state index in [0.717, 1.165) is 27.6 Å². The zero-order valence-electron chi connectivity index (χ0n) is 14.2. The van der Waals surface area contributed by atoms with Crippen LogP contribution in [0.5, 0.6) is 0 Å². The first-order valence-corrected chi connectivity index (χ1v) is 8.28. The number of benzene rings is 2. The third kappa shape index (κ3) is 2.90. The van der Waals surface area contributed by atoms with Gasteiger partial charge in [-0.3, -0.25) is 0 Å². The van der Waals surface area contributed by atoms with Crippen LogP contribution in [0, 0.1) is 0 Å². The van der Waals surface area contributed by atoms with Gasteiger partial charge < -0.3 is 4.74 Å². The molecule has 0 spiro atoms. The SMILES string of the molecule is CCOC(=O)c1nc(C(C)C)c2ccccc2c1-c1ccccc1. The lowest BCUT2D eigenvalue weighted by Crippen LogP contribution is -2.12. The molecule has 0 aliphatic heterocycles. The second-order valence-electron chi connectivity index (χ2n) is 6.01. The normalized spacial score (nSPS) is 11.0. The Labute approximate surface area is 142 Å². The molecular weight excluding hydrogens is 298 g/mol. The zero-order chi connectivity index (χ0) is 17.1. The molecule has 3 rings (SSSR count). The van der Waals surface area contributed by atoms with Crippen LogP contribution in [-0.2, 0) is 4.74 Å². The molecular formula is C21H21NO2. The van der Waals surface area contributed by atoms with Crippen molar-refractivity contribution in [3.8, 4) is 11.1 Å². The van der Waals surface area contributed by atoms with E-state index < -0.39 is 0 Å². The van der Waals surface area contributed by atoms with Crippen molar-refractivity contribution in [3.63, 3.8) is 0 Å². The van der Waals surface area contributed by atoms with Gasteiger partial charge in [-0.05, 0) is 23.8 Å². The van der Waals surface area contributed by atoms with E-state index in [1.165, 1.54) is 0 Å². The van der Waals surface area contributed by atoms with E-state index in [0.29, 0.717) is 12.3 Å². The topological polar surface area (TPSA) is 39.2 Å². The average molecular weight is 319 g/mol. The quantitative estimate of drug-likeness (QED) is 0.620. The number of carbonyl (C=O) groups is 1. The van der Waals surface area contributed by atoms with Crippen molar-refractivity contribution in [2.24, 2.45) is 0 Å². The van der Waals surface area contributed by atoms with E-state index in [1.807, 2.05) is 55.5 Å². The van der Waals surface area contributed by atoms with E-state index in [-0.39, 0.29) is 11.9 Å². The number of aromatic nitrogens is 1. The highest BCUT2D eigenvalue weighted by Crippen LogP contribution is 2.35. The van der Waals surface area contributed by atoms with Crippen molar-refractivity contribution in [1.29, 1.82) is 0 Å². The summed E-state index contributed by atoms with van der Waals surface area (Å²) in [5, 5.41) is 2.12. The third-order valence-electron chi connectivity index (χ3n) is 4.02. The monoisotopic (exact) mass is 319 g/mol. The van der Waals surface area contributed by atoms with Gasteiger partial charge in [-0.15, -0.1) is 0 Å². The number of ether oxygens (including phenoxy) is 1. The number of hydrogen-bond donors (Lipinski definition) is 0. The van der Waals surface area contributed by atoms with Crippen molar-refractivity contribution in [1.82, 2.24) is 4.98 Å². The summed E-state index contributed by atoms with van der Waals surface area (Å²) >= 11 is 0. The third-order valence-corrected chi connectivity index (χ3v) is 4.02. The van der Waals surface area contributed by atoms with Crippen molar-refractivity contribution >= 4 is 16.7 Å². The molecule has 0 aliphatic rings. The molecule has 1 heterocycles. The Morgan fingerprint density at radius 1 is 1.00 bits per heavy atom. The van der Waals surface area contributed by atoms with Crippen LogP contribution >= 0.6 is 0 Å². The van der Waals surface area contributed by atoms with Gasteiger partial charge >= 0.3 is 5.97 Å². The summed E-state index contributed by atoms with van der Waals surface area (Å²) in [7, 11) is 0. The molecule has 0 saturated carbocycles. The molecule has 3 heteroatoms. The fraction of sp³-hybridized carbons (Fsp3) is 0.238. The van der Waals surface area contributed by atoms with Crippen molar-refractivity contribution in [3.05, 3.63) is 66.0 Å². The number of pyridine rings is 1. The molecule has 2 aromatic carbocycles. The van der Waals surface area contributed by atoms with Crippen LogP contribution < -0.4 is 0 Å². The zero-order valence-corrected chi connectivity index (χ0v) is 14.2. The van der Waals surface area contributed by atoms with E-state index in [1.54, 1.807) is 0 Å². The standard InChI is InChI=1S/C21H21NO2/c1-4-24-21(23)20-18(15-10-6-5-7-11-15)16-12-8-9-13-17(16)19(22-20)14(2)3/h5-14H,4H2,1-3H3. The maximum Gasteiger partial charge on any atom is 0.357 e. The van der Waals surface area contributed by atoms with E-state index in [2.05, 4.69) is 19.9 Å². The Hall–Kier alpha value is -2.68. The molecule has 3 nitrogen and oxygen atoms in total. The van der Waals surface area contributed by atoms with Crippen molar-refractivity contribution in [2.75, 3.05) is 6.61 Å². The highest BCUT2D eigenvalue weighted by Gasteiger charge is 2.22. The lowest BCUT2D eigenvalue weighted by Gasteiger charge is -2.17. The van der Waals surface area contributed by atoms with Gasteiger partial charge in [0.2, 0.25) is 0 Å². The van der Waals surface area contributed by atoms with Crippen molar-refractivity contribution in [2.45, 2.75) is 26.7 Å². The summed E-state index contributed by atoms with van der Waals surface area (Å²) in [6, 6.07) is 18.0. The number of nitrogens with zero attached hydrogens (tertiary/aromatic N) is 1.